The molecule has 0 atom stereocenters. The summed E-state index contributed by atoms with van der Waals surface area (Å²) in [4.78, 5) is 4.11. The lowest BCUT2D eigenvalue weighted by atomic mass is 10.2. The summed E-state index contributed by atoms with van der Waals surface area (Å²) in [6.07, 6.45) is 1.53. The van der Waals surface area contributed by atoms with Gasteiger partial charge in [0, 0.05) is 6.20 Å². The van der Waals surface area contributed by atoms with Gasteiger partial charge in [-0.2, -0.15) is 0 Å². The quantitative estimate of drug-likeness (QED) is 0.885. The topological polar surface area (TPSA) is 59.1 Å². The van der Waals surface area contributed by atoms with Crippen LogP contribution in [0.3, 0.4) is 0 Å². The molecule has 0 spiro atoms. The minimum absolute atomic E-state index is 0.136. The van der Waals surface area contributed by atoms with E-state index in [1.165, 1.54) is 6.20 Å². The SMILES string of the molecule is Cc1ccccc1S(=O)(=O)Nc1c(C)ccnc1Cl. The Balaban J connectivity index is 2.46. The van der Waals surface area contributed by atoms with Crippen molar-refractivity contribution in [3.63, 3.8) is 0 Å². The van der Waals surface area contributed by atoms with Crippen LogP contribution in [0.15, 0.2) is 41.4 Å². The van der Waals surface area contributed by atoms with Gasteiger partial charge < -0.3 is 0 Å². The van der Waals surface area contributed by atoms with Gasteiger partial charge in [-0.3, -0.25) is 4.72 Å². The molecule has 0 amide bonds. The van der Waals surface area contributed by atoms with E-state index in [0.717, 1.165) is 5.56 Å². The number of aryl methyl sites for hydroxylation is 2. The van der Waals surface area contributed by atoms with Crippen molar-refractivity contribution in [2.45, 2.75) is 18.7 Å². The van der Waals surface area contributed by atoms with Crippen LogP contribution < -0.4 is 4.72 Å². The molecule has 0 saturated heterocycles. The first-order valence-corrected chi connectivity index (χ1v) is 7.47. The first-order valence-electron chi connectivity index (χ1n) is 5.61. The minimum atomic E-state index is -3.66. The van der Waals surface area contributed by atoms with Gasteiger partial charge in [-0.15, -0.1) is 0 Å². The monoisotopic (exact) mass is 296 g/mol. The smallest absolute Gasteiger partial charge is 0.262 e. The van der Waals surface area contributed by atoms with Crippen LogP contribution in [0.4, 0.5) is 5.69 Å². The lowest BCUT2D eigenvalue weighted by molar-refractivity contribution is 0.600. The lowest BCUT2D eigenvalue weighted by Gasteiger charge is -2.12. The predicted octanol–water partition coefficient (Wildman–Crippen LogP) is 3.15. The number of nitrogens with one attached hydrogen (secondary N) is 1. The van der Waals surface area contributed by atoms with Crippen LogP contribution >= 0.6 is 11.6 Å². The molecular formula is C13H13ClN2O2S. The highest BCUT2D eigenvalue weighted by atomic mass is 35.5. The zero-order valence-electron chi connectivity index (χ0n) is 10.5. The van der Waals surface area contributed by atoms with Crippen molar-refractivity contribution in [2.24, 2.45) is 0 Å². The van der Waals surface area contributed by atoms with E-state index < -0.39 is 10.0 Å². The van der Waals surface area contributed by atoms with E-state index in [9.17, 15) is 8.42 Å². The highest BCUT2D eigenvalue weighted by Gasteiger charge is 2.19. The Morgan fingerprint density at radius 1 is 1.11 bits per heavy atom. The summed E-state index contributed by atoms with van der Waals surface area (Å²) in [6.45, 7) is 3.51. The molecule has 0 aliphatic heterocycles. The fourth-order valence-electron chi connectivity index (χ4n) is 1.69. The van der Waals surface area contributed by atoms with E-state index in [1.54, 1.807) is 44.2 Å². The summed E-state index contributed by atoms with van der Waals surface area (Å²) < 4.78 is 27.1. The van der Waals surface area contributed by atoms with Crippen LogP contribution in [-0.2, 0) is 10.0 Å². The molecule has 6 heteroatoms. The van der Waals surface area contributed by atoms with Crippen molar-refractivity contribution in [3.8, 4) is 0 Å². The molecule has 4 nitrogen and oxygen atoms in total. The number of sulfonamides is 1. The summed E-state index contributed by atoms with van der Waals surface area (Å²) in [5.41, 5.74) is 1.71. The molecule has 0 saturated carbocycles. The second-order valence-electron chi connectivity index (χ2n) is 4.16. The Morgan fingerprint density at radius 3 is 2.42 bits per heavy atom. The van der Waals surface area contributed by atoms with Crippen molar-refractivity contribution in [3.05, 3.63) is 52.8 Å². The number of pyridine rings is 1. The summed E-state index contributed by atoms with van der Waals surface area (Å²) in [5.74, 6) is 0. The fraction of sp³-hybridized carbons (Fsp3) is 0.154. The van der Waals surface area contributed by atoms with Crippen molar-refractivity contribution >= 4 is 27.3 Å². The van der Waals surface area contributed by atoms with Crippen molar-refractivity contribution in [1.29, 1.82) is 0 Å². The molecule has 1 N–H and O–H groups in total. The molecule has 1 aromatic carbocycles. The van der Waals surface area contributed by atoms with Crippen LogP contribution in [0, 0.1) is 13.8 Å². The second kappa shape index (κ2) is 5.19. The third-order valence-corrected chi connectivity index (χ3v) is 4.53. The molecule has 2 aromatic rings. The Morgan fingerprint density at radius 2 is 1.79 bits per heavy atom. The van der Waals surface area contributed by atoms with Crippen molar-refractivity contribution in [2.75, 3.05) is 4.72 Å². The van der Waals surface area contributed by atoms with Crippen molar-refractivity contribution in [1.82, 2.24) is 4.98 Å². The molecule has 0 radical (unpaired) electrons. The maximum atomic E-state index is 12.3. The molecule has 1 heterocycles. The van der Waals surface area contributed by atoms with Gasteiger partial charge in [-0.25, -0.2) is 13.4 Å². The van der Waals surface area contributed by atoms with Crippen LogP contribution in [0.5, 0.6) is 0 Å². The van der Waals surface area contributed by atoms with E-state index in [2.05, 4.69) is 9.71 Å². The van der Waals surface area contributed by atoms with Crippen molar-refractivity contribution < 1.29 is 8.42 Å². The summed E-state index contributed by atoms with van der Waals surface area (Å²) in [6, 6.07) is 8.46. The first kappa shape index (κ1) is 13.8. The molecule has 0 bridgehead atoms. The van der Waals surface area contributed by atoms with Gasteiger partial charge in [0.1, 0.15) is 0 Å². The van der Waals surface area contributed by atoms with E-state index >= 15 is 0 Å². The summed E-state index contributed by atoms with van der Waals surface area (Å²) >= 11 is 5.92. The molecule has 0 aliphatic carbocycles. The number of nitrogens with zero attached hydrogens (tertiary/aromatic N) is 1. The predicted molar refractivity (Wildman–Crippen MR) is 76.0 cm³/mol. The Bertz CT molecular complexity index is 694. The van der Waals surface area contributed by atoms with Gasteiger partial charge >= 0.3 is 0 Å². The van der Waals surface area contributed by atoms with E-state index in [0.29, 0.717) is 11.3 Å². The lowest BCUT2D eigenvalue weighted by Crippen LogP contribution is -2.15. The molecule has 0 fully saturated rings. The van der Waals surface area contributed by atoms with Crippen LogP contribution in [-0.4, -0.2) is 13.4 Å². The second-order valence-corrected chi connectivity index (χ2v) is 6.17. The third-order valence-electron chi connectivity index (χ3n) is 2.73. The van der Waals surface area contributed by atoms with E-state index in [4.69, 9.17) is 11.6 Å². The maximum absolute atomic E-state index is 12.3. The average molecular weight is 297 g/mol. The van der Waals surface area contributed by atoms with Gasteiger partial charge in [0.05, 0.1) is 10.6 Å². The molecule has 2 rings (SSSR count). The minimum Gasteiger partial charge on any atom is -0.276 e. The van der Waals surface area contributed by atoms with Gasteiger partial charge in [0.15, 0.2) is 5.15 Å². The van der Waals surface area contributed by atoms with E-state index in [-0.39, 0.29) is 10.0 Å². The third kappa shape index (κ3) is 2.88. The highest BCUT2D eigenvalue weighted by molar-refractivity contribution is 7.92. The number of benzene rings is 1. The van der Waals surface area contributed by atoms with Gasteiger partial charge in [0.2, 0.25) is 0 Å². The van der Waals surface area contributed by atoms with Crippen LogP contribution in [0.2, 0.25) is 5.15 Å². The molecular weight excluding hydrogens is 284 g/mol. The molecule has 100 valence electrons. The zero-order valence-corrected chi connectivity index (χ0v) is 12.1. The van der Waals surface area contributed by atoms with Crippen LogP contribution in [0.25, 0.3) is 0 Å². The van der Waals surface area contributed by atoms with Gasteiger partial charge in [-0.05, 0) is 37.1 Å². The first-order chi connectivity index (χ1) is 8.92. The highest BCUT2D eigenvalue weighted by Crippen LogP contribution is 2.26. The van der Waals surface area contributed by atoms with Gasteiger partial charge in [-0.1, -0.05) is 29.8 Å². The molecule has 0 unspecified atom stereocenters. The van der Waals surface area contributed by atoms with E-state index in [1.807, 2.05) is 0 Å². The average Bonchev–Trinajstić information content (AvgIpc) is 2.34. The fourth-order valence-corrected chi connectivity index (χ4v) is 3.39. The summed E-state index contributed by atoms with van der Waals surface area (Å²) in [7, 11) is -3.66. The summed E-state index contributed by atoms with van der Waals surface area (Å²) in [5, 5.41) is 0.136. The zero-order chi connectivity index (χ0) is 14.0. The number of aromatic nitrogens is 1. The molecule has 0 aliphatic rings. The largest absolute Gasteiger partial charge is 0.276 e. The molecule has 19 heavy (non-hydrogen) atoms. The number of hydrogen-bond acceptors (Lipinski definition) is 3. The Labute approximate surface area is 117 Å². The maximum Gasteiger partial charge on any atom is 0.262 e. The van der Waals surface area contributed by atoms with Crippen LogP contribution in [0.1, 0.15) is 11.1 Å². The standard InChI is InChI=1S/C13H13ClN2O2S/c1-9-5-3-4-6-11(9)19(17,18)16-12-10(2)7-8-15-13(12)14/h3-8,16H,1-2H3. The Kier molecular flexibility index (Phi) is 3.78. The van der Waals surface area contributed by atoms with Gasteiger partial charge in [0.25, 0.3) is 10.0 Å². The number of anilines is 1. The number of hydrogen-bond donors (Lipinski definition) is 1. The Hall–Kier alpha value is -1.59. The number of halogens is 1. The molecule has 1 aromatic heterocycles. The normalized spacial score (nSPS) is 11.3. The number of rotatable bonds is 3.